The van der Waals surface area contributed by atoms with Gasteiger partial charge in [0, 0.05) is 9.75 Å². The maximum absolute atomic E-state index is 2.42. The van der Waals surface area contributed by atoms with Crippen LogP contribution in [0.4, 0.5) is 0 Å². The molecule has 84 valence electrons. The van der Waals surface area contributed by atoms with Crippen molar-refractivity contribution < 1.29 is 0 Å². The number of fused-ring (bicyclic) bond motifs is 1. The summed E-state index contributed by atoms with van der Waals surface area (Å²) in [5.74, 6) is 0. The standard InChI is InChI=1S/C14H22S/c1-10-12-6-5-8-14(3,4)9-7-13(12)11(2)15-10/h5-9H2,1-4H3. The monoisotopic (exact) mass is 222 g/mol. The van der Waals surface area contributed by atoms with E-state index >= 15 is 0 Å². The van der Waals surface area contributed by atoms with Gasteiger partial charge in [0.2, 0.25) is 0 Å². The third-order valence-electron chi connectivity index (χ3n) is 3.85. The first-order valence-corrected chi connectivity index (χ1v) is 6.89. The lowest BCUT2D eigenvalue weighted by Gasteiger charge is -2.27. The van der Waals surface area contributed by atoms with Crippen LogP contribution in [0.25, 0.3) is 0 Å². The average molecular weight is 222 g/mol. The largest absolute Gasteiger partial charge is 0.145 e. The molecule has 0 aromatic carbocycles. The summed E-state index contributed by atoms with van der Waals surface area (Å²) in [5, 5.41) is 0. The van der Waals surface area contributed by atoms with Gasteiger partial charge in [-0.05, 0) is 62.5 Å². The second-order valence-corrected chi connectivity index (χ2v) is 7.12. The van der Waals surface area contributed by atoms with Gasteiger partial charge in [0.25, 0.3) is 0 Å². The van der Waals surface area contributed by atoms with Gasteiger partial charge in [-0.1, -0.05) is 13.8 Å². The van der Waals surface area contributed by atoms with E-state index in [1.165, 1.54) is 32.1 Å². The van der Waals surface area contributed by atoms with E-state index < -0.39 is 0 Å². The molecule has 0 fully saturated rings. The molecule has 0 N–H and O–H groups in total. The maximum atomic E-state index is 2.42. The first kappa shape index (κ1) is 11.2. The van der Waals surface area contributed by atoms with Crippen molar-refractivity contribution in [3.8, 4) is 0 Å². The average Bonchev–Trinajstić information content (AvgIpc) is 2.36. The molecular formula is C14H22S. The minimum Gasteiger partial charge on any atom is -0.145 e. The van der Waals surface area contributed by atoms with E-state index in [1.54, 1.807) is 20.9 Å². The Balaban J connectivity index is 2.31. The van der Waals surface area contributed by atoms with E-state index in [4.69, 9.17) is 0 Å². The van der Waals surface area contributed by atoms with Crippen LogP contribution in [0.2, 0.25) is 0 Å². The number of aryl methyl sites for hydroxylation is 2. The fourth-order valence-electron chi connectivity index (χ4n) is 2.76. The number of rotatable bonds is 0. The first-order valence-electron chi connectivity index (χ1n) is 6.07. The summed E-state index contributed by atoms with van der Waals surface area (Å²) in [6.45, 7) is 9.44. The molecule has 1 aliphatic carbocycles. The molecule has 15 heavy (non-hydrogen) atoms. The Labute approximate surface area is 97.7 Å². The summed E-state index contributed by atoms with van der Waals surface area (Å²) < 4.78 is 0. The fourth-order valence-corrected chi connectivity index (χ4v) is 3.92. The van der Waals surface area contributed by atoms with E-state index in [0.29, 0.717) is 5.41 Å². The van der Waals surface area contributed by atoms with E-state index in [0.717, 1.165) is 0 Å². The van der Waals surface area contributed by atoms with E-state index in [-0.39, 0.29) is 0 Å². The predicted octanol–water partition coefficient (Wildman–Crippen LogP) is 4.66. The lowest BCUT2D eigenvalue weighted by molar-refractivity contribution is 0.294. The van der Waals surface area contributed by atoms with Crippen LogP contribution in [0.3, 0.4) is 0 Å². The summed E-state index contributed by atoms with van der Waals surface area (Å²) in [6, 6.07) is 0. The van der Waals surface area contributed by atoms with E-state index in [9.17, 15) is 0 Å². The van der Waals surface area contributed by atoms with Crippen LogP contribution >= 0.6 is 11.3 Å². The molecule has 2 rings (SSSR count). The molecule has 1 aliphatic rings. The molecule has 0 saturated heterocycles. The van der Waals surface area contributed by atoms with E-state index in [1.807, 2.05) is 11.3 Å². The lowest BCUT2D eigenvalue weighted by atomic mass is 9.78. The smallest absolute Gasteiger partial charge is 0.00518 e. The van der Waals surface area contributed by atoms with Gasteiger partial charge >= 0.3 is 0 Å². The van der Waals surface area contributed by atoms with Gasteiger partial charge in [-0.2, -0.15) is 0 Å². The van der Waals surface area contributed by atoms with Gasteiger partial charge in [0.15, 0.2) is 0 Å². The molecule has 0 radical (unpaired) electrons. The number of thiophene rings is 1. The molecule has 0 spiro atoms. The van der Waals surface area contributed by atoms with E-state index in [2.05, 4.69) is 27.7 Å². The minimum atomic E-state index is 0.556. The third-order valence-corrected chi connectivity index (χ3v) is 4.96. The van der Waals surface area contributed by atoms with Crippen molar-refractivity contribution in [1.82, 2.24) is 0 Å². The molecular weight excluding hydrogens is 200 g/mol. The van der Waals surface area contributed by atoms with Gasteiger partial charge in [-0.15, -0.1) is 11.3 Å². The quantitative estimate of drug-likeness (QED) is 0.599. The van der Waals surface area contributed by atoms with Crippen LogP contribution in [0.15, 0.2) is 0 Å². The topological polar surface area (TPSA) is 0 Å². The zero-order chi connectivity index (χ0) is 11.1. The van der Waals surface area contributed by atoms with Gasteiger partial charge in [-0.3, -0.25) is 0 Å². The molecule has 0 aliphatic heterocycles. The van der Waals surface area contributed by atoms with Gasteiger partial charge in [0.1, 0.15) is 0 Å². The van der Waals surface area contributed by atoms with Gasteiger partial charge in [0.05, 0.1) is 0 Å². The highest BCUT2D eigenvalue weighted by atomic mass is 32.1. The summed E-state index contributed by atoms with van der Waals surface area (Å²) in [4.78, 5) is 3.14. The molecule has 1 heterocycles. The molecule has 1 heteroatoms. The van der Waals surface area contributed by atoms with Crippen molar-refractivity contribution in [2.45, 2.75) is 59.8 Å². The Morgan fingerprint density at radius 2 is 1.53 bits per heavy atom. The fraction of sp³-hybridized carbons (Fsp3) is 0.714. The minimum absolute atomic E-state index is 0.556. The van der Waals surface area contributed by atoms with Crippen molar-refractivity contribution in [2.75, 3.05) is 0 Å². The molecule has 0 atom stereocenters. The summed E-state index contributed by atoms with van der Waals surface area (Å²) in [6.07, 6.45) is 6.74. The molecule has 1 aromatic heterocycles. The van der Waals surface area contributed by atoms with Crippen molar-refractivity contribution >= 4 is 11.3 Å². The summed E-state index contributed by atoms with van der Waals surface area (Å²) >= 11 is 2.00. The number of hydrogen-bond acceptors (Lipinski definition) is 1. The molecule has 0 bridgehead atoms. The van der Waals surface area contributed by atoms with Gasteiger partial charge in [-0.25, -0.2) is 0 Å². The first-order chi connectivity index (χ1) is 6.99. The van der Waals surface area contributed by atoms with Crippen LogP contribution in [0.1, 0.15) is 54.0 Å². The summed E-state index contributed by atoms with van der Waals surface area (Å²) in [5.41, 5.74) is 3.93. The molecule has 0 nitrogen and oxygen atoms in total. The van der Waals surface area contributed by atoms with Crippen molar-refractivity contribution in [3.05, 3.63) is 20.9 Å². The van der Waals surface area contributed by atoms with Crippen LogP contribution in [-0.2, 0) is 12.8 Å². The maximum Gasteiger partial charge on any atom is 0.00518 e. The Hall–Kier alpha value is -0.300. The molecule has 0 amide bonds. The molecule has 1 aromatic rings. The Kier molecular flexibility index (Phi) is 2.94. The summed E-state index contributed by atoms with van der Waals surface area (Å²) in [7, 11) is 0. The zero-order valence-corrected chi connectivity index (χ0v) is 11.3. The van der Waals surface area contributed by atoms with Crippen molar-refractivity contribution in [3.63, 3.8) is 0 Å². The Morgan fingerprint density at radius 1 is 0.933 bits per heavy atom. The second kappa shape index (κ2) is 3.93. The van der Waals surface area contributed by atoms with Crippen molar-refractivity contribution in [2.24, 2.45) is 5.41 Å². The SMILES string of the molecule is Cc1sc(C)c2c1CCCC(C)(C)CC2. The van der Waals surface area contributed by atoms with Crippen molar-refractivity contribution in [1.29, 1.82) is 0 Å². The highest BCUT2D eigenvalue weighted by Crippen LogP contribution is 2.37. The van der Waals surface area contributed by atoms with Crippen LogP contribution in [0.5, 0.6) is 0 Å². The lowest BCUT2D eigenvalue weighted by Crippen LogP contribution is -2.16. The van der Waals surface area contributed by atoms with Gasteiger partial charge < -0.3 is 0 Å². The predicted molar refractivity (Wildman–Crippen MR) is 68.8 cm³/mol. The molecule has 0 unspecified atom stereocenters. The normalized spacial score (nSPS) is 20.5. The van der Waals surface area contributed by atoms with Crippen LogP contribution < -0.4 is 0 Å². The number of hydrogen-bond donors (Lipinski definition) is 0. The zero-order valence-electron chi connectivity index (χ0n) is 10.4. The molecule has 0 saturated carbocycles. The highest BCUT2D eigenvalue weighted by molar-refractivity contribution is 7.12. The highest BCUT2D eigenvalue weighted by Gasteiger charge is 2.23. The Morgan fingerprint density at radius 3 is 2.20 bits per heavy atom. The van der Waals surface area contributed by atoms with Crippen LogP contribution in [-0.4, -0.2) is 0 Å². The Bertz CT molecular complexity index is 358. The van der Waals surface area contributed by atoms with Crippen LogP contribution in [0, 0.1) is 19.3 Å². The third kappa shape index (κ3) is 2.28. The second-order valence-electron chi connectivity index (χ2n) is 5.69.